The first-order valence-corrected chi connectivity index (χ1v) is 6.73. The Morgan fingerprint density at radius 3 is 2.75 bits per heavy atom. The molecule has 0 saturated heterocycles. The normalized spacial score (nSPS) is 10.6. The van der Waals surface area contributed by atoms with E-state index >= 15 is 0 Å². The van der Waals surface area contributed by atoms with E-state index < -0.39 is 0 Å². The number of nitrogen functional groups attached to an aromatic ring is 1. The molecule has 1 aromatic carbocycles. The molecule has 1 heterocycles. The fourth-order valence-electron chi connectivity index (χ4n) is 1.43. The molecule has 84 valence electrons. The van der Waals surface area contributed by atoms with Crippen LogP contribution in [0.2, 0.25) is 0 Å². The van der Waals surface area contributed by atoms with E-state index in [1.54, 1.807) is 11.8 Å². The highest BCUT2D eigenvalue weighted by Gasteiger charge is 2.04. The first kappa shape index (κ1) is 11.4. The number of aromatic nitrogens is 2. The average molecular weight is 251 g/mol. The smallest absolute Gasteiger partial charge is 0.203 e. The van der Waals surface area contributed by atoms with Gasteiger partial charge in [0, 0.05) is 4.90 Å². The quantitative estimate of drug-likeness (QED) is 0.852. The number of benzene rings is 1. The van der Waals surface area contributed by atoms with Gasteiger partial charge in [0.05, 0.1) is 5.75 Å². The van der Waals surface area contributed by atoms with Crippen LogP contribution in [0.4, 0.5) is 5.13 Å². The van der Waals surface area contributed by atoms with Crippen molar-refractivity contribution >= 4 is 28.2 Å². The van der Waals surface area contributed by atoms with Crippen molar-refractivity contribution in [1.82, 2.24) is 10.2 Å². The molecule has 0 aliphatic rings. The molecule has 0 unspecified atom stereocenters. The van der Waals surface area contributed by atoms with E-state index in [1.807, 2.05) is 0 Å². The fraction of sp³-hybridized carbons (Fsp3) is 0.273. The summed E-state index contributed by atoms with van der Waals surface area (Å²) in [6, 6.07) is 6.47. The number of thioether (sulfide) groups is 1. The van der Waals surface area contributed by atoms with E-state index in [1.165, 1.54) is 27.4 Å². The molecule has 3 nitrogen and oxygen atoms in total. The van der Waals surface area contributed by atoms with Gasteiger partial charge in [0.15, 0.2) is 0 Å². The van der Waals surface area contributed by atoms with Crippen molar-refractivity contribution in [3.63, 3.8) is 0 Å². The minimum absolute atomic E-state index is 0.538. The molecule has 5 heteroatoms. The van der Waals surface area contributed by atoms with Gasteiger partial charge in [-0.3, -0.25) is 0 Å². The predicted molar refractivity (Wildman–Crippen MR) is 69.8 cm³/mol. The molecule has 1 aromatic heterocycles. The lowest BCUT2D eigenvalue weighted by atomic mass is 10.2. The Morgan fingerprint density at radius 2 is 2.12 bits per heavy atom. The first-order chi connectivity index (χ1) is 7.65. The lowest BCUT2D eigenvalue weighted by Gasteiger charge is -2.04. The molecule has 2 N–H and O–H groups in total. The predicted octanol–water partition coefficient (Wildman–Crippen LogP) is 3.03. The van der Waals surface area contributed by atoms with E-state index in [-0.39, 0.29) is 0 Å². The van der Waals surface area contributed by atoms with Gasteiger partial charge in [-0.2, -0.15) is 0 Å². The zero-order valence-electron chi connectivity index (χ0n) is 9.23. The third-order valence-electron chi connectivity index (χ3n) is 2.16. The SMILES string of the molecule is Cc1ccc(SCc2nnc(N)s2)c(C)c1. The molecule has 0 spiro atoms. The maximum Gasteiger partial charge on any atom is 0.203 e. The van der Waals surface area contributed by atoms with Crippen LogP contribution in [0.3, 0.4) is 0 Å². The van der Waals surface area contributed by atoms with Crippen molar-refractivity contribution in [3.05, 3.63) is 34.3 Å². The Bertz CT molecular complexity index is 494. The minimum atomic E-state index is 0.538. The van der Waals surface area contributed by atoms with Gasteiger partial charge < -0.3 is 5.73 Å². The maximum absolute atomic E-state index is 5.53. The standard InChI is InChI=1S/C11H13N3S2/c1-7-3-4-9(8(2)5-7)15-6-10-13-14-11(12)16-10/h3-5H,6H2,1-2H3,(H2,12,14). The van der Waals surface area contributed by atoms with Crippen LogP contribution in [0.1, 0.15) is 16.1 Å². The second-order valence-corrected chi connectivity index (χ2v) is 5.70. The van der Waals surface area contributed by atoms with Crippen LogP contribution in [-0.4, -0.2) is 10.2 Å². The van der Waals surface area contributed by atoms with Gasteiger partial charge in [0.25, 0.3) is 0 Å². The average Bonchev–Trinajstić information content (AvgIpc) is 2.63. The van der Waals surface area contributed by atoms with Crippen molar-refractivity contribution in [2.45, 2.75) is 24.5 Å². The van der Waals surface area contributed by atoms with Crippen LogP contribution in [0.5, 0.6) is 0 Å². The van der Waals surface area contributed by atoms with E-state index in [0.717, 1.165) is 10.8 Å². The fourth-order valence-corrected chi connectivity index (χ4v) is 3.03. The first-order valence-electron chi connectivity index (χ1n) is 4.93. The highest BCUT2D eigenvalue weighted by Crippen LogP contribution is 2.27. The second-order valence-electron chi connectivity index (χ2n) is 3.59. The second kappa shape index (κ2) is 4.84. The summed E-state index contributed by atoms with van der Waals surface area (Å²) in [5.41, 5.74) is 8.13. The summed E-state index contributed by atoms with van der Waals surface area (Å²) in [7, 11) is 0. The molecular weight excluding hydrogens is 238 g/mol. The van der Waals surface area contributed by atoms with Crippen LogP contribution in [0.25, 0.3) is 0 Å². The molecule has 0 atom stereocenters. The summed E-state index contributed by atoms with van der Waals surface area (Å²) < 4.78 is 0. The molecule has 0 radical (unpaired) electrons. The van der Waals surface area contributed by atoms with E-state index in [0.29, 0.717) is 5.13 Å². The van der Waals surface area contributed by atoms with Crippen LogP contribution in [0, 0.1) is 13.8 Å². The van der Waals surface area contributed by atoms with Gasteiger partial charge in [-0.25, -0.2) is 0 Å². The van der Waals surface area contributed by atoms with Crippen molar-refractivity contribution < 1.29 is 0 Å². The van der Waals surface area contributed by atoms with Crippen molar-refractivity contribution in [1.29, 1.82) is 0 Å². The topological polar surface area (TPSA) is 51.8 Å². The zero-order chi connectivity index (χ0) is 11.5. The molecule has 2 aromatic rings. The Morgan fingerprint density at radius 1 is 1.31 bits per heavy atom. The summed E-state index contributed by atoms with van der Waals surface area (Å²) >= 11 is 3.23. The van der Waals surface area contributed by atoms with Crippen molar-refractivity contribution in [2.75, 3.05) is 5.73 Å². The third kappa shape index (κ3) is 2.74. The molecule has 0 bridgehead atoms. The molecule has 16 heavy (non-hydrogen) atoms. The largest absolute Gasteiger partial charge is 0.374 e. The Balaban J connectivity index is 2.04. The summed E-state index contributed by atoms with van der Waals surface area (Å²) in [6.07, 6.45) is 0. The number of rotatable bonds is 3. The van der Waals surface area contributed by atoms with Crippen LogP contribution < -0.4 is 5.73 Å². The molecule has 0 fully saturated rings. The monoisotopic (exact) mass is 251 g/mol. The number of anilines is 1. The molecule has 0 aliphatic carbocycles. The lowest BCUT2D eigenvalue weighted by molar-refractivity contribution is 1.05. The molecule has 2 rings (SSSR count). The molecule has 0 saturated carbocycles. The van der Waals surface area contributed by atoms with Crippen molar-refractivity contribution in [3.8, 4) is 0 Å². The van der Waals surface area contributed by atoms with Crippen molar-refractivity contribution in [2.24, 2.45) is 0 Å². The summed E-state index contributed by atoms with van der Waals surface area (Å²) in [4.78, 5) is 1.29. The van der Waals surface area contributed by atoms with E-state index in [2.05, 4.69) is 42.2 Å². The molecule has 0 aliphatic heterocycles. The van der Waals surface area contributed by atoms with Gasteiger partial charge >= 0.3 is 0 Å². The van der Waals surface area contributed by atoms with Gasteiger partial charge in [0.1, 0.15) is 5.01 Å². The molecule has 0 amide bonds. The van der Waals surface area contributed by atoms with Crippen LogP contribution in [0.15, 0.2) is 23.1 Å². The molecular formula is C11H13N3S2. The number of hydrogen-bond donors (Lipinski definition) is 1. The zero-order valence-corrected chi connectivity index (χ0v) is 10.9. The van der Waals surface area contributed by atoms with Crippen LogP contribution >= 0.6 is 23.1 Å². The number of hydrogen-bond acceptors (Lipinski definition) is 5. The summed E-state index contributed by atoms with van der Waals surface area (Å²) in [5.74, 6) is 0.832. The number of aryl methyl sites for hydroxylation is 2. The van der Waals surface area contributed by atoms with Crippen LogP contribution in [-0.2, 0) is 5.75 Å². The number of nitrogens with zero attached hydrogens (tertiary/aromatic N) is 2. The highest BCUT2D eigenvalue weighted by molar-refractivity contribution is 7.98. The lowest BCUT2D eigenvalue weighted by Crippen LogP contribution is -1.84. The van der Waals surface area contributed by atoms with Gasteiger partial charge in [-0.1, -0.05) is 29.0 Å². The van der Waals surface area contributed by atoms with Gasteiger partial charge in [0.2, 0.25) is 5.13 Å². The summed E-state index contributed by atoms with van der Waals surface area (Å²) in [5, 5.41) is 9.31. The number of nitrogens with two attached hydrogens (primary N) is 1. The Labute approximate surface area is 103 Å². The Kier molecular flexibility index (Phi) is 3.46. The third-order valence-corrected chi connectivity index (χ3v) is 4.29. The van der Waals surface area contributed by atoms with E-state index in [4.69, 9.17) is 5.73 Å². The summed E-state index contributed by atoms with van der Waals surface area (Å²) in [6.45, 7) is 4.23. The maximum atomic E-state index is 5.53. The van der Waals surface area contributed by atoms with Gasteiger partial charge in [-0.05, 0) is 25.5 Å². The minimum Gasteiger partial charge on any atom is -0.374 e. The van der Waals surface area contributed by atoms with E-state index in [9.17, 15) is 0 Å². The van der Waals surface area contributed by atoms with Gasteiger partial charge in [-0.15, -0.1) is 22.0 Å². The Hall–Kier alpha value is -1.07. The highest BCUT2D eigenvalue weighted by atomic mass is 32.2.